The number of hydrogen-bond donors (Lipinski definition) is 0. The molecule has 1 amide bonds. The van der Waals surface area contributed by atoms with Crippen molar-refractivity contribution in [3.05, 3.63) is 12.2 Å². The van der Waals surface area contributed by atoms with E-state index in [1.165, 1.54) is 11.0 Å². The number of ether oxygens (including phenoxy) is 1. The minimum Gasteiger partial charge on any atom is -0.428 e. The largest absolute Gasteiger partial charge is 0.428 e. The molecule has 1 fully saturated rings. The van der Waals surface area contributed by atoms with Crippen molar-refractivity contribution in [1.82, 2.24) is 4.90 Å². The SMILES string of the molecule is CCCCC(=O)[C@]1(OC(=O)N(CC)CC)[C@H]2C=C[C@H](C2)C1(F)F. The Labute approximate surface area is 135 Å². The molecule has 1 saturated carbocycles. The van der Waals surface area contributed by atoms with Gasteiger partial charge in [0, 0.05) is 31.3 Å². The van der Waals surface area contributed by atoms with Gasteiger partial charge < -0.3 is 9.64 Å². The van der Waals surface area contributed by atoms with Crippen molar-refractivity contribution in [2.75, 3.05) is 13.1 Å². The number of nitrogens with zero attached hydrogens (tertiary/aromatic N) is 1. The molecule has 0 N–H and O–H groups in total. The van der Waals surface area contributed by atoms with Gasteiger partial charge in [0.15, 0.2) is 5.78 Å². The molecule has 2 aliphatic carbocycles. The Kier molecular flexibility index (Phi) is 5.11. The Morgan fingerprint density at radius 1 is 1.17 bits per heavy atom. The Morgan fingerprint density at radius 2 is 1.78 bits per heavy atom. The number of halogens is 2. The van der Waals surface area contributed by atoms with E-state index < -0.39 is 35.2 Å². The van der Waals surface area contributed by atoms with Gasteiger partial charge in [-0.2, -0.15) is 0 Å². The number of carbonyl (C=O) groups excluding carboxylic acids is 2. The summed E-state index contributed by atoms with van der Waals surface area (Å²) < 4.78 is 35.1. The van der Waals surface area contributed by atoms with E-state index in [0.29, 0.717) is 19.5 Å². The smallest absolute Gasteiger partial charge is 0.410 e. The number of Topliss-reactive ketones (excluding diaryl/α,β-unsaturated/α-hetero) is 1. The first-order valence-corrected chi connectivity index (χ1v) is 8.42. The van der Waals surface area contributed by atoms with Gasteiger partial charge in [-0.3, -0.25) is 4.79 Å². The second kappa shape index (κ2) is 6.57. The lowest BCUT2D eigenvalue weighted by atomic mass is 9.79. The molecule has 0 saturated heterocycles. The third-order valence-electron chi connectivity index (χ3n) is 5.01. The number of fused-ring (bicyclic) bond motifs is 2. The van der Waals surface area contributed by atoms with Gasteiger partial charge in [-0.05, 0) is 26.7 Å². The summed E-state index contributed by atoms with van der Waals surface area (Å²) in [5, 5.41) is 0. The van der Waals surface area contributed by atoms with Gasteiger partial charge in [0.05, 0.1) is 0 Å². The zero-order valence-electron chi connectivity index (χ0n) is 14.0. The predicted octanol–water partition coefficient (Wildman–Crippen LogP) is 3.80. The normalized spacial score (nSPS) is 30.5. The first-order chi connectivity index (χ1) is 10.8. The Bertz CT molecular complexity index is 502. The first kappa shape index (κ1) is 17.9. The molecule has 3 atom stereocenters. The molecule has 0 aromatic heterocycles. The maximum atomic E-state index is 14.9. The number of carbonyl (C=O) groups is 2. The van der Waals surface area contributed by atoms with Crippen molar-refractivity contribution < 1.29 is 23.1 Å². The zero-order chi connectivity index (χ0) is 17.3. The topological polar surface area (TPSA) is 46.6 Å². The van der Waals surface area contributed by atoms with Crippen molar-refractivity contribution >= 4 is 11.9 Å². The Balaban J connectivity index is 2.35. The monoisotopic (exact) mass is 329 g/mol. The van der Waals surface area contributed by atoms with Gasteiger partial charge in [-0.25, -0.2) is 13.6 Å². The van der Waals surface area contributed by atoms with E-state index in [1.54, 1.807) is 19.9 Å². The summed E-state index contributed by atoms with van der Waals surface area (Å²) >= 11 is 0. The highest BCUT2D eigenvalue weighted by molar-refractivity contribution is 5.92. The van der Waals surface area contributed by atoms with E-state index in [4.69, 9.17) is 4.74 Å². The van der Waals surface area contributed by atoms with Gasteiger partial charge in [0.1, 0.15) is 0 Å². The van der Waals surface area contributed by atoms with Crippen LogP contribution in [0.2, 0.25) is 0 Å². The van der Waals surface area contributed by atoms with Gasteiger partial charge in [0.25, 0.3) is 0 Å². The fraction of sp³-hybridized carbons (Fsp3) is 0.765. The number of rotatable bonds is 7. The number of alkyl halides is 2. The summed E-state index contributed by atoms with van der Waals surface area (Å²) in [7, 11) is 0. The highest BCUT2D eigenvalue weighted by Gasteiger charge is 2.74. The van der Waals surface area contributed by atoms with E-state index in [-0.39, 0.29) is 12.8 Å². The summed E-state index contributed by atoms with van der Waals surface area (Å²) in [4.78, 5) is 26.3. The summed E-state index contributed by atoms with van der Waals surface area (Å²) in [6.45, 7) is 6.08. The maximum absolute atomic E-state index is 14.9. The average Bonchev–Trinajstić information content (AvgIpc) is 3.07. The van der Waals surface area contributed by atoms with E-state index in [1.807, 2.05) is 6.92 Å². The molecule has 0 aromatic carbocycles. The van der Waals surface area contributed by atoms with Crippen LogP contribution >= 0.6 is 0 Å². The third-order valence-corrected chi connectivity index (χ3v) is 5.01. The van der Waals surface area contributed by atoms with Gasteiger partial charge in [0.2, 0.25) is 5.60 Å². The number of allylic oxidation sites excluding steroid dienone is 1. The second-order valence-electron chi connectivity index (χ2n) is 6.26. The van der Waals surface area contributed by atoms with Crippen LogP contribution in [0.4, 0.5) is 13.6 Å². The number of unbranched alkanes of at least 4 members (excludes halogenated alkanes) is 1. The molecular weight excluding hydrogens is 304 g/mol. The molecule has 0 spiro atoms. The van der Waals surface area contributed by atoms with Gasteiger partial charge >= 0.3 is 12.0 Å². The Morgan fingerprint density at radius 3 is 2.26 bits per heavy atom. The van der Waals surface area contributed by atoms with Crippen LogP contribution in [0.5, 0.6) is 0 Å². The highest BCUT2D eigenvalue weighted by Crippen LogP contribution is 2.59. The molecule has 130 valence electrons. The van der Waals surface area contributed by atoms with E-state index in [2.05, 4.69) is 0 Å². The lowest BCUT2D eigenvalue weighted by Gasteiger charge is -2.40. The highest BCUT2D eigenvalue weighted by atomic mass is 19.3. The summed E-state index contributed by atoms with van der Waals surface area (Å²) in [5.74, 6) is -5.75. The van der Waals surface area contributed by atoms with Crippen molar-refractivity contribution in [2.24, 2.45) is 11.8 Å². The number of amides is 1. The number of ketones is 1. The molecule has 4 nitrogen and oxygen atoms in total. The molecule has 0 aromatic rings. The first-order valence-electron chi connectivity index (χ1n) is 8.42. The van der Waals surface area contributed by atoms with E-state index in [9.17, 15) is 18.4 Å². The molecule has 0 heterocycles. The lowest BCUT2D eigenvalue weighted by Crippen LogP contribution is -2.61. The maximum Gasteiger partial charge on any atom is 0.410 e. The van der Waals surface area contributed by atoms with Crippen molar-refractivity contribution in [2.45, 2.75) is 58.0 Å². The standard InChI is InChI=1S/C17H25F2NO3/c1-4-7-8-14(21)16(23-15(22)20(5-2)6-3)12-9-10-13(11-12)17(16,18)19/h9-10,12-13H,4-8,11H2,1-3H3/t12-,13+,16+/m0/s1. The van der Waals surface area contributed by atoms with Crippen LogP contribution in [0.15, 0.2) is 12.2 Å². The summed E-state index contributed by atoms with van der Waals surface area (Å²) in [5.41, 5.74) is -2.33. The predicted molar refractivity (Wildman–Crippen MR) is 82.3 cm³/mol. The number of hydrogen-bond acceptors (Lipinski definition) is 3. The Hall–Kier alpha value is -1.46. The quantitative estimate of drug-likeness (QED) is 0.667. The van der Waals surface area contributed by atoms with Crippen LogP contribution < -0.4 is 0 Å². The molecule has 6 heteroatoms. The molecule has 2 aliphatic rings. The zero-order valence-corrected chi connectivity index (χ0v) is 14.0. The van der Waals surface area contributed by atoms with Crippen LogP contribution in [0.25, 0.3) is 0 Å². The molecule has 23 heavy (non-hydrogen) atoms. The fourth-order valence-electron chi connectivity index (χ4n) is 3.59. The molecule has 0 radical (unpaired) electrons. The molecule has 0 unspecified atom stereocenters. The summed E-state index contributed by atoms with van der Waals surface area (Å²) in [6.07, 6.45) is 3.64. The second-order valence-corrected chi connectivity index (χ2v) is 6.26. The van der Waals surface area contributed by atoms with Crippen LogP contribution in [0.3, 0.4) is 0 Å². The van der Waals surface area contributed by atoms with E-state index >= 15 is 0 Å². The molecular formula is C17H25F2NO3. The minimum absolute atomic E-state index is 0.00861. The molecule has 2 bridgehead atoms. The van der Waals surface area contributed by atoms with Crippen LogP contribution in [0, 0.1) is 11.8 Å². The van der Waals surface area contributed by atoms with Crippen molar-refractivity contribution in [3.8, 4) is 0 Å². The van der Waals surface area contributed by atoms with E-state index in [0.717, 1.165) is 6.42 Å². The van der Waals surface area contributed by atoms with Crippen LogP contribution in [0.1, 0.15) is 46.5 Å². The summed E-state index contributed by atoms with van der Waals surface area (Å²) in [6, 6.07) is 0. The van der Waals surface area contributed by atoms with Crippen molar-refractivity contribution in [3.63, 3.8) is 0 Å². The van der Waals surface area contributed by atoms with Crippen LogP contribution in [-0.4, -0.2) is 41.4 Å². The minimum atomic E-state index is -3.35. The van der Waals surface area contributed by atoms with Gasteiger partial charge in [-0.15, -0.1) is 0 Å². The lowest BCUT2D eigenvalue weighted by molar-refractivity contribution is -0.196. The molecule has 0 aliphatic heterocycles. The van der Waals surface area contributed by atoms with Gasteiger partial charge in [-0.1, -0.05) is 25.5 Å². The molecule has 2 rings (SSSR count). The fourth-order valence-corrected chi connectivity index (χ4v) is 3.59. The average molecular weight is 329 g/mol. The van der Waals surface area contributed by atoms with Crippen LogP contribution in [-0.2, 0) is 9.53 Å². The third kappa shape index (κ3) is 2.66. The van der Waals surface area contributed by atoms with Crippen molar-refractivity contribution in [1.29, 1.82) is 0 Å².